The van der Waals surface area contributed by atoms with Gasteiger partial charge in [0.2, 0.25) is 0 Å². The van der Waals surface area contributed by atoms with Gasteiger partial charge in [0.05, 0.1) is 12.6 Å². The van der Waals surface area contributed by atoms with Crippen molar-refractivity contribution in [1.29, 1.82) is 0 Å². The number of aliphatic imine (C=N–C) groups is 1. The van der Waals surface area contributed by atoms with E-state index in [2.05, 4.69) is 15.6 Å². The summed E-state index contributed by atoms with van der Waals surface area (Å²) in [6.45, 7) is 4.68. The van der Waals surface area contributed by atoms with Gasteiger partial charge in [-0.2, -0.15) is 13.2 Å². The maximum absolute atomic E-state index is 12.3. The molecular formula is C17H27F3N4. The molecule has 1 aromatic carbocycles. The summed E-state index contributed by atoms with van der Waals surface area (Å²) < 4.78 is 36.8. The lowest BCUT2D eigenvalue weighted by Crippen LogP contribution is -2.39. The highest BCUT2D eigenvalue weighted by molar-refractivity contribution is 5.80. The van der Waals surface area contributed by atoms with Crippen molar-refractivity contribution in [3.63, 3.8) is 0 Å². The van der Waals surface area contributed by atoms with Crippen molar-refractivity contribution in [2.45, 2.75) is 32.5 Å². The first-order chi connectivity index (χ1) is 11.3. The molecule has 0 bridgehead atoms. The van der Waals surface area contributed by atoms with E-state index in [0.29, 0.717) is 25.5 Å². The molecule has 0 saturated heterocycles. The molecule has 136 valence electrons. The Labute approximate surface area is 142 Å². The Morgan fingerprint density at radius 3 is 2.50 bits per heavy atom. The van der Waals surface area contributed by atoms with E-state index in [1.165, 1.54) is 11.9 Å². The minimum Gasteiger partial charge on any atom is -0.357 e. The van der Waals surface area contributed by atoms with Gasteiger partial charge < -0.3 is 10.6 Å². The van der Waals surface area contributed by atoms with Crippen LogP contribution in [0, 0.1) is 0 Å². The highest BCUT2D eigenvalue weighted by Crippen LogP contribution is 2.15. The summed E-state index contributed by atoms with van der Waals surface area (Å²) in [5.41, 5.74) is 1.15. The number of guanidine groups is 1. The molecule has 1 aromatic rings. The van der Waals surface area contributed by atoms with E-state index in [1.54, 1.807) is 0 Å². The minimum atomic E-state index is -4.15. The third kappa shape index (κ3) is 8.76. The fourth-order valence-electron chi connectivity index (χ4n) is 2.27. The molecule has 0 heterocycles. The number of hydrogen-bond acceptors (Lipinski definition) is 2. The maximum Gasteiger partial charge on any atom is 0.401 e. The van der Waals surface area contributed by atoms with Crippen LogP contribution < -0.4 is 10.6 Å². The third-order valence-electron chi connectivity index (χ3n) is 3.41. The molecular weight excluding hydrogens is 317 g/mol. The molecule has 24 heavy (non-hydrogen) atoms. The van der Waals surface area contributed by atoms with Crippen LogP contribution in [-0.4, -0.2) is 50.3 Å². The molecule has 7 heteroatoms. The third-order valence-corrected chi connectivity index (χ3v) is 3.41. The lowest BCUT2D eigenvalue weighted by molar-refractivity contribution is -0.143. The van der Waals surface area contributed by atoms with Crippen LogP contribution in [0.5, 0.6) is 0 Å². The van der Waals surface area contributed by atoms with E-state index in [-0.39, 0.29) is 6.04 Å². The van der Waals surface area contributed by atoms with E-state index in [1.807, 2.05) is 44.2 Å². The lowest BCUT2D eigenvalue weighted by atomic mass is 10.1. The molecule has 1 rings (SSSR count). The minimum absolute atomic E-state index is 0.0944. The number of hydrogen-bond donors (Lipinski definition) is 2. The van der Waals surface area contributed by atoms with Crippen LogP contribution in [0.2, 0.25) is 0 Å². The molecule has 1 atom stereocenters. The van der Waals surface area contributed by atoms with Crippen LogP contribution in [0.25, 0.3) is 0 Å². The van der Waals surface area contributed by atoms with Crippen molar-refractivity contribution in [3.8, 4) is 0 Å². The molecule has 0 aliphatic carbocycles. The second-order valence-corrected chi connectivity index (χ2v) is 5.74. The highest BCUT2D eigenvalue weighted by Gasteiger charge is 2.28. The van der Waals surface area contributed by atoms with Crippen molar-refractivity contribution >= 4 is 5.96 Å². The number of benzene rings is 1. The van der Waals surface area contributed by atoms with Crippen molar-refractivity contribution in [2.24, 2.45) is 4.99 Å². The summed E-state index contributed by atoms with van der Waals surface area (Å²) in [5, 5.41) is 6.46. The van der Waals surface area contributed by atoms with Gasteiger partial charge in [-0.15, -0.1) is 0 Å². The van der Waals surface area contributed by atoms with Gasteiger partial charge in [-0.25, -0.2) is 0 Å². The second kappa shape index (κ2) is 10.2. The molecule has 1 unspecified atom stereocenters. The summed E-state index contributed by atoms with van der Waals surface area (Å²) in [6.07, 6.45) is -3.58. The SMILES string of the molecule is CCNC(=NCCCN(C)CC(F)(F)F)NC(C)c1ccccc1. The van der Waals surface area contributed by atoms with E-state index in [4.69, 9.17) is 0 Å². The molecule has 0 spiro atoms. The molecule has 0 amide bonds. The first kappa shape index (κ1) is 20.3. The van der Waals surface area contributed by atoms with Gasteiger partial charge in [0.1, 0.15) is 0 Å². The average molecular weight is 344 g/mol. The van der Waals surface area contributed by atoms with Crippen molar-refractivity contribution in [2.75, 3.05) is 33.2 Å². The zero-order valence-electron chi connectivity index (χ0n) is 14.5. The first-order valence-corrected chi connectivity index (χ1v) is 8.17. The Morgan fingerprint density at radius 2 is 1.92 bits per heavy atom. The zero-order valence-corrected chi connectivity index (χ0v) is 14.5. The van der Waals surface area contributed by atoms with Gasteiger partial charge >= 0.3 is 6.18 Å². The number of rotatable bonds is 8. The van der Waals surface area contributed by atoms with Crippen LogP contribution >= 0.6 is 0 Å². The smallest absolute Gasteiger partial charge is 0.357 e. The van der Waals surface area contributed by atoms with E-state index < -0.39 is 12.7 Å². The van der Waals surface area contributed by atoms with Crippen molar-refractivity contribution < 1.29 is 13.2 Å². The largest absolute Gasteiger partial charge is 0.401 e. The highest BCUT2D eigenvalue weighted by atomic mass is 19.4. The Morgan fingerprint density at radius 1 is 1.25 bits per heavy atom. The van der Waals surface area contributed by atoms with Crippen molar-refractivity contribution in [3.05, 3.63) is 35.9 Å². The van der Waals surface area contributed by atoms with Crippen molar-refractivity contribution in [1.82, 2.24) is 15.5 Å². The van der Waals surface area contributed by atoms with E-state index >= 15 is 0 Å². The summed E-state index contributed by atoms with van der Waals surface area (Å²) in [5.74, 6) is 0.673. The number of nitrogens with one attached hydrogen (secondary N) is 2. The summed E-state index contributed by atoms with van der Waals surface area (Å²) in [4.78, 5) is 5.70. The van der Waals surface area contributed by atoms with Gasteiger partial charge in [-0.1, -0.05) is 30.3 Å². The van der Waals surface area contributed by atoms with Gasteiger partial charge in [0.25, 0.3) is 0 Å². The average Bonchev–Trinajstić information content (AvgIpc) is 2.50. The van der Waals surface area contributed by atoms with Crippen LogP contribution in [0.4, 0.5) is 13.2 Å². The molecule has 2 N–H and O–H groups in total. The van der Waals surface area contributed by atoms with Gasteiger partial charge in [0.15, 0.2) is 5.96 Å². The Bertz CT molecular complexity index is 488. The first-order valence-electron chi connectivity index (χ1n) is 8.17. The monoisotopic (exact) mass is 344 g/mol. The van der Waals surface area contributed by atoms with Gasteiger partial charge in [-0.05, 0) is 39.4 Å². The fourth-order valence-corrected chi connectivity index (χ4v) is 2.27. The van der Waals surface area contributed by atoms with Gasteiger partial charge in [0, 0.05) is 13.1 Å². The fraction of sp³-hybridized carbons (Fsp3) is 0.588. The number of halogens is 3. The Hall–Kier alpha value is -1.76. The van der Waals surface area contributed by atoms with E-state index in [9.17, 15) is 13.2 Å². The summed E-state index contributed by atoms with van der Waals surface area (Å²) >= 11 is 0. The molecule has 0 fully saturated rings. The number of alkyl halides is 3. The van der Waals surface area contributed by atoms with Crippen LogP contribution in [-0.2, 0) is 0 Å². The van der Waals surface area contributed by atoms with E-state index in [0.717, 1.165) is 12.1 Å². The lowest BCUT2D eigenvalue weighted by Gasteiger charge is -2.19. The predicted octanol–water partition coefficient (Wildman–Crippen LogP) is 3.19. The Kier molecular flexibility index (Phi) is 8.60. The standard InChI is InChI=1S/C17H27F3N4/c1-4-21-16(23-14(2)15-9-6-5-7-10-15)22-11-8-12-24(3)13-17(18,19)20/h5-7,9-10,14H,4,8,11-13H2,1-3H3,(H2,21,22,23). The zero-order chi connectivity index (χ0) is 18.0. The molecule has 0 saturated carbocycles. The number of nitrogens with zero attached hydrogens (tertiary/aromatic N) is 2. The van der Waals surface area contributed by atoms with Crippen LogP contribution in [0.1, 0.15) is 31.9 Å². The predicted molar refractivity (Wildman–Crippen MR) is 92.1 cm³/mol. The molecule has 4 nitrogen and oxygen atoms in total. The maximum atomic E-state index is 12.3. The summed E-state index contributed by atoms with van der Waals surface area (Å²) in [6, 6.07) is 10.1. The normalized spacial score (nSPS) is 13.9. The van der Waals surface area contributed by atoms with Crippen LogP contribution in [0.3, 0.4) is 0 Å². The molecule has 0 radical (unpaired) electrons. The quantitative estimate of drug-likeness (QED) is 0.432. The Balaban J connectivity index is 2.45. The molecule has 0 aliphatic rings. The topological polar surface area (TPSA) is 39.7 Å². The second-order valence-electron chi connectivity index (χ2n) is 5.74. The van der Waals surface area contributed by atoms with Crippen LogP contribution in [0.15, 0.2) is 35.3 Å². The summed E-state index contributed by atoms with van der Waals surface area (Å²) in [7, 11) is 1.47. The molecule has 0 aromatic heterocycles. The van der Waals surface area contributed by atoms with Gasteiger partial charge in [-0.3, -0.25) is 9.89 Å². The molecule has 0 aliphatic heterocycles.